The van der Waals surface area contributed by atoms with Crippen LogP contribution < -0.4 is 21.7 Å². The van der Waals surface area contributed by atoms with E-state index in [1.165, 1.54) is 0 Å². The highest BCUT2D eigenvalue weighted by Crippen LogP contribution is 2.24. The third-order valence-corrected chi connectivity index (χ3v) is 2.23. The predicted octanol–water partition coefficient (Wildman–Crippen LogP) is -0.628. The topological polar surface area (TPSA) is 151 Å². The number of carbonyl (C=O) groups is 4. The maximum absolute atomic E-state index is 11.5. The van der Waals surface area contributed by atoms with Crippen molar-refractivity contribution in [1.82, 2.24) is 16.0 Å². The van der Waals surface area contributed by atoms with Crippen LogP contribution in [0.4, 0.5) is 9.59 Å². The van der Waals surface area contributed by atoms with Crippen LogP contribution in [-0.4, -0.2) is 42.1 Å². The van der Waals surface area contributed by atoms with Gasteiger partial charge in [-0.3, -0.25) is 14.9 Å². The van der Waals surface area contributed by atoms with Gasteiger partial charge in [-0.15, -0.1) is 0 Å². The molecule has 0 rings (SSSR count). The average Bonchev–Trinajstić information content (AvgIpc) is 2.20. The Kier molecular flexibility index (Phi) is 7.05. The minimum atomic E-state index is -1.01. The standard InChI is InChI=1S/C11H20N4O5/c1-11(2,6-8(17)18)5-7(16)15-10(20)14-4-3-13-9(12)19/h3-6H2,1-2H3,(H,17,18)(H3,12,13,19)(H2,14,15,16,20). The summed E-state index contributed by atoms with van der Waals surface area (Å²) in [6.45, 7) is 3.49. The fraction of sp³-hybridized carbons (Fsp3) is 0.636. The highest BCUT2D eigenvalue weighted by molar-refractivity contribution is 5.94. The van der Waals surface area contributed by atoms with E-state index >= 15 is 0 Å². The Hall–Kier alpha value is -2.32. The van der Waals surface area contributed by atoms with E-state index in [-0.39, 0.29) is 25.9 Å². The number of imide groups is 1. The maximum atomic E-state index is 11.5. The molecule has 0 aliphatic rings. The van der Waals surface area contributed by atoms with E-state index in [4.69, 9.17) is 10.8 Å². The molecule has 0 radical (unpaired) electrons. The molecule has 0 fully saturated rings. The predicted molar refractivity (Wildman–Crippen MR) is 69.8 cm³/mol. The number of hydrogen-bond acceptors (Lipinski definition) is 4. The van der Waals surface area contributed by atoms with Gasteiger partial charge in [0.2, 0.25) is 5.91 Å². The number of carboxylic acids is 1. The fourth-order valence-electron chi connectivity index (χ4n) is 1.48. The lowest BCUT2D eigenvalue weighted by Gasteiger charge is -2.21. The van der Waals surface area contributed by atoms with Crippen molar-refractivity contribution in [3.63, 3.8) is 0 Å². The summed E-state index contributed by atoms with van der Waals surface area (Å²) in [5.74, 6) is -1.58. The highest BCUT2D eigenvalue weighted by atomic mass is 16.4. The van der Waals surface area contributed by atoms with Gasteiger partial charge < -0.3 is 21.5 Å². The Bertz CT molecular complexity index is 394. The first-order chi connectivity index (χ1) is 9.12. The summed E-state index contributed by atoms with van der Waals surface area (Å²) in [6, 6.07) is -1.42. The molecule has 0 saturated heterocycles. The summed E-state index contributed by atoms with van der Waals surface area (Å²) in [6.07, 6.45) is -0.267. The van der Waals surface area contributed by atoms with Crippen LogP contribution in [0.2, 0.25) is 0 Å². The Morgan fingerprint density at radius 3 is 2.10 bits per heavy atom. The van der Waals surface area contributed by atoms with E-state index in [1.807, 2.05) is 0 Å². The summed E-state index contributed by atoms with van der Waals surface area (Å²) in [5.41, 5.74) is 4.07. The van der Waals surface area contributed by atoms with Gasteiger partial charge in [0.15, 0.2) is 0 Å². The maximum Gasteiger partial charge on any atom is 0.321 e. The molecular formula is C11H20N4O5. The van der Waals surface area contributed by atoms with Crippen LogP contribution >= 0.6 is 0 Å². The fourth-order valence-corrected chi connectivity index (χ4v) is 1.48. The summed E-state index contributed by atoms with van der Waals surface area (Å²) in [4.78, 5) is 43.8. The third-order valence-electron chi connectivity index (χ3n) is 2.23. The van der Waals surface area contributed by atoms with Crippen LogP contribution in [0, 0.1) is 5.41 Å². The van der Waals surface area contributed by atoms with Crippen LogP contribution in [0.25, 0.3) is 0 Å². The largest absolute Gasteiger partial charge is 0.481 e. The lowest BCUT2D eigenvalue weighted by Crippen LogP contribution is -2.44. The Morgan fingerprint density at radius 1 is 1.05 bits per heavy atom. The molecule has 0 aliphatic heterocycles. The van der Waals surface area contributed by atoms with E-state index < -0.39 is 29.4 Å². The number of urea groups is 2. The number of carbonyl (C=O) groups excluding carboxylic acids is 3. The molecular weight excluding hydrogens is 268 g/mol. The quantitative estimate of drug-likeness (QED) is 0.395. The van der Waals surface area contributed by atoms with Crippen molar-refractivity contribution in [3.8, 4) is 0 Å². The van der Waals surface area contributed by atoms with Crippen LogP contribution in [0.1, 0.15) is 26.7 Å². The molecule has 9 nitrogen and oxygen atoms in total. The normalized spacial score (nSPS) is 10.5. The van der Waals surface area contributed by atoms with Crippen LogP contribution in [-0.2, 0) is 9.59 Å². The second-order valence-electron chi connectivity index (χ2n) is 5.01. The van der Waals surface area contributed by atoms with E-state index in [2.05, 4.69) is 16.0 Å². The minimum Gasteiger partial charge on any atom is -0.481 e. The molecule has 0 atom stereocenters. The number of amides is 5. The van der Waals surface area contributed by atoms with Gasteiger partial charge in [-0.05, 0) is 5.41 Å². The zero-order valence-corrected chi connectivity index (χ0v) is 11.5. The molecule has 5 amide bonds. The van der Waals surface area contributed by atoms with Crippen molar-refractivity contribution in [2.75, 3.05) is 13.1 Å². The van der Waals surface area contributed by atoms with Crippen LogP contribution in [0.5, 0.6) is 0 Å². The number of nitrogens with two attached hydrogens (primary N) is 1. The molecule has 0 bridgehead atoms. The molecule has 0 unspecified atom stereocenters. The number of nitrogens with one attached hydrogen (secondary N) is 3. The summed E-state index contributed by atoms with van der Waals surface area (Å²) in [7, 11) is 0. The van der Waals surface area contributed by atoms with E-state index in [0.717, 1.165) is 0 Å². The lowest BCUT2D eigenvalue weighted by atomic mass is 9.85. The third kappa shape index (κ3) is 9.68. The molecule has 0 aromatic heterocycles. The van der Waals surface area contributed by atoms with E-state index in [0.29, 0.717) is 0 Å². The van der Waals surface area contributed by atoms with Gasteiger partial charge in [-0.25, -0.2) is 9.59 Å². The number of aliphatic carboxylic acids is 1. The summed E-state index contributed by atoms with van der Waals surface area (Å²) < 4.78 is 0. The minimum absolute atomic E-state index is 0.0910. The summed E-state index contributed by atoms with van der Waals surface area (Å²) >= 11 is 0. The van der Waals surface area contributed by atoms with Gasteiger partial charge in [-0.2, -0.15) is 0 Å². The molecule has 9 heteroatoms. The number of carboxylic acid groups (broad SMARTS) is 1. The number of rotatable bonds is 7. The van der Waals surface area contributed by atoms with Gasteiger partial charge in [0, 0.05) is 19.5 Å². The first kappa shape index (κ1) is 17.7. The van der Waals surface area contributed by atoms with Crippen molar-refractivity contribution in [2.45, 2.75) is 26.7 Å². The van der Waals surface area contributed by atoms with Crippen molar-refractivity contribution in [2.24, 2.45) is 11.1 Å². The zero-order valence-electron chi connectivity index (χ0n) is 11.5. The smallest absolute Gasteiger partial charge is 0.321 e. The SMILES string of the molecule is CC(C)(CC(=O)O)CC(=O)NC(=O)NCCNC(N)=O. The van der Waals surface area contributed by atoms with Crippen molar-refractivity contribution in [3.05, 3.63) is 0 Å². The monoisotopic (exact) mass is 288 g/mol. The van der Waals surface area contributed by atoms with E-state index in [1.54, 1.807) is 13.8 Å². The molecule has 0 spiro atoms. The Labute approximate surface area is 116 Å². The van der Waals surface area contributed by atoms with Crippen LogP contribution in [0.15, 0.2) is 0 Å². The molecule has 114 valence electrons. The molecule has 0 saturated carbocycles. The zero-order chi connectivity index (χ0) is 15.8. The van der Waals surface area contributed by atoms with Crippen LogP contribution in [0.3, 0.4) is 0 Å². The average molecular weight is 288 g/mol. The lowest BCUT2D eigenvalue weighted by molar-refractivity contribution is -0.139. The molecule has 0 heterocycles. The molecule has 20 heavy (non-hydrogen) atoms. The Morgan fingerprint density at radius 2 is 1.60 bits per heavy atom. The highest BCUT2D eigenvalue weighted by Gasteiger charge is 2.25. The second-order valence-corrected chi connectivity index (χ2v) is 5.01. The number of primary amides is 1. The molecule has 0 aromatic carbocycles. The van der Waals surface area contributed by atoms with Gasteiger partial charge in [0.1, 0.15) is 0 Å². The Balaban J connectivity index is 3.98. The molecule has 6 N–H and O–H groups in total. The molecule has 0 aliphatic carbocycles. The first-order valence-corrected chi connectivity index (χ1v) is 5.95. The first-order valence-electron chi connectivity index (χ1n) is 5.95. The van der Waals surface area contributed by atoms with Crippen molar-refractivity contribution in [1.29, 1.82) is 0 Å². The van der Waals surface area contributed by atoms with Crippen molar-refractivity contribution < 1.29 is 24.3 Å². The van der Waals surface area contributed by atoms with Gasteiger partial charge in [0.05, 0.1) is 6.42 Å². The second kappa shape index (κ2) is 7.97. The summed E-state index contributed by atoms with van der Waals surface area (Å²) in [5, 5.41) is 15.3. The van der Waals surface area contributed by atoms with Gasteiger partial charge >= 0.3 is 18.0 Å². The van der Waals surface area contributed by atoms with Crippen molar-refractivity contribution >= 4 is 23.9 Å². The molecule has 0 aromatic rings. The van der Waals surface area contributed by atoms with Gasteiger partial charge in [0.25, 0.3) is 0 Å². The van der Waals surface area contributed by atoms with E-state index in [9.17, 15) is 19.2 Å². The number of hydrogen-bond donors (Lipinski definition) is 5. The van der Waals surface area contributed by atoms with Gasteiger partial charge in [-0.1, -0.05) is 13.8 Å².